The fourth-order valence-corrected chi connectivity index (χ4v) is 4.32. The van der Waals surface area contributed by atoms with Gasteiger partial charge in [-0.2, -0.15) is 0 Å². The summed E-state index contributed by atoms with van der Waals surface area (Å²) >= 11 is 0. The molecule has 0 radical (unpaired) electrons. The van der Waals surface area contributed by atoms with E-state index in [1.54, 1.807) is 0 Å². The first kappa shape index (κ1) is 22.9. The third kappa shape index (κ3) is 4.89. The molecule has 4 rings (SSSR count). The molecule has 7 heteroatoms. The van der Waals surface area contributed by atoms with Crippen LogP contribution in [0, 0.1) is 0 Å². The van der Waals surface area contributed by atoms with Crippen LogP contribution in [0.5, 0.6) is 0 Å². The monoisotopic (exact) mass is 453 g/mol. The number of benzene rings is 3. The molecule has 1 aliphatic rings. The molecule has 0 heterocycles. The lowest BCUT2D eigenvalue weighted by Crippen LogP contribution is -2.31. The van der Waals surface area contributed by atoms with Crippen molar-refractivity contribution in [1.82, 2.24) is 5.32 Å². The van der Waals surface area contributed by atoms with Crippen LogP contribution >= 0.6 is 0 Å². The Morgan fingerprint density at radius 1 is 0.879 bits per heavy atom. The number of carbonyl (C=O) groups excluding carboxylic acids is 1. The second-order valence-electron chi connectivity index (χ2n) is 7.98. The van der Waals surface area contributed by atoms with Gasteiger partial charge in [0.15, 0.2) is 0 Å². The third-order valence-corrected chi connectivity index (χ3v) is 5.97. The molecule has 5 nitrogen and oxygen atoms in total. The topological polar surface area (TPSA) is 78.8 Å². The first-order chi connectivity index (χ1) is 16.0. The van der Waals surface area contributed by atoms with Gasteiger partial charge in [-0.05, 0) is 34.2 Å². The number of ether oxygens (including phenoxy) is 1. The molecule has 2 atom stereocenters. The normalized spacial score (nSPS) is 14.5. The van der Waals surface area contributed by atoms with Gasteiger partial charge in [-0.3, -0.25) is 0 Å². The van der Waals surface area contributed by atoms with Gasteiger partial charge in [0.2, 0.25) is 0 Å². The molecule has 0 bridgehead atoms. The Kier molecular flexibility index (Phi) is 7.01. The number of hydrogen-bond acceptors (Lipinski definition) is 4. The van der Waals surface area contributed by atoms with Crippen LogP contribution in [-0.4, -0.2) is 35.6 Å². The van der Waals surface area contributed by atoms with Crippen molar-refractivity contribution in [2.45, 2.75) is 31.0 Å². The molecule has 0 spiro atoms. The zero-order valence-electron chi connectivity index (χ0n) is 17.8. The number of halogens is 2. The Morgan fingerprint density at radius 3 is 2.03 bits per heavy atom. The fraction of sp³-hybridized carbons (Fsp3) is 0.269. The van der Waals surface area contributed by atoms with E-state index in [4.69, 9.17) is 4.74 Å². The highest BCUT2D eigenvalue weighted by molar-refractivity contribution is 5.79. The molecule has 3 aromatic carbocycles. The highest BCUT2D eigenvalue weighted by atomic mass is 19.3. The number of hydrogen-bond donors (Lipinski definition) is 3. The summed E-state index contributed by atoms with van der Waals surface area (Å²) in [4.78, 5) is 12.2. The molecule has 3 N–H and O–H groups in total. The molecule has 1 aliphatic carbocycles. The van der Waals surface area contributed by atoms with Crippen molar-refractivity contribution in [3.05, 3.63) is 95.1 Å². The van der Waals surface area contributed by atoms with E-state index in [-0.39, 0.29) is 36.6 Å². The fourth-order valence-electron chi connectivity index (χ4n) is 4.32. The standard InChI is InChI=1S/C26H25F2NO4/c27-25(28)21-12-6-5-11-20(21)24(31)23(30)13-14-29-26(32)33-15-22-18-9-3-1-7-16(18)17-8-2-4-10-19(17)22/h1-12,22-25,30-31H,13-15H2,(H,29,32). The number of rotatable bonds is 8. The maximum absolute atomic E-state index is 13.1. The summed E-state index contributed by atoms with van der Waals surface area (Å²) in [7, 11) is 0. The molecule has 172 valence electrons. The molecule has 3 aromatic rings. The minimum absolute atomic E-state index is 0.0196. The molecule has 0 aromatic heterocycles. The molecular weight excluding hydrogens is 428 g/mol. The predicted molar refractivity (Wildman–Crippen MR) is 120 cm³/mol. The molecule has 0 saturated carbocycles. The second-order valence-corrected chi connectivity index (χ2v) is 7.98. The number of amides is 1. The zero-order chi connectivity index (χ0) is 23.4. The van der Waals surface area contributed by atoms with E-state index >= 15 is 0 Å². The summed E-state index contributed by atoms with van der Waals surface area (Å²) < 4.78 is 31.7. The van der Waals surface area contributed by atoms with Crippen molar-refractivity contribution >= 4 is 6.09 Å². The van der Waals surface area contributed by atoms with Gasteiger partial charge in [0.25, 0.3) is 6.43 Å². The van der Waals surface area contributed by atoms with Gasteiger partial charge < -0.3 is 20.3 Å². The van der Waals surface area contributed by atoms with Crippen molar-refractivity contribution in [3.63, 3.8) is 0 Å². The van der Waals surface area contributed by atoms with Crippen LogP contribution in [0.25, 0.3) is 11.1 Å². The van der Waals surface area contributed by atoms with E-state index in [0.717, 1.165) is 22.3 Å². The van der Waals surface area contributed by atoms with Gasteiger partial charge in [0.05, 0.1) is 6.10 Å². The third-order valence-electron chi connectivity index (χ3n) is 5.97. The Bertz CT molecular complexity index is 1080. The van der Waals surface area contributed by atoms with Gasteiger partial charge in [0.1, 0.15) is 12.7 Å². The number of aliphatic hydroxyl groups excluding tert-OH is 2. The zero-order valence-corrected chi connectivity index (χ0v) is 17.8. The molecule has 0 aliphatic heterocycles. The number of alkyl halides is 2. The van der Waals surface area contributed by atoms with Gasteiger partial charge in [-0.25, -0.2) is 13.6 Å². The SMILES string of the molecule is O=C(NCCC(O)C(O)c1ccccc1C(F)F)OCC1c2ccccc2-c2ccccc21. The summed E-state index contributed by atoms with van der Waals surface area (Å²) in [6, 6.07) is 21.5. The number of carbonyl (C=O) groups is 1. The van der Waals surface area contributed by atoms with Crippen molar-refractivity contribution in [3.8, 4) is 11.1 Å². The van der Waals surface area contributed by atoms with Crippen molar-refractivity contribution in [1.29, 1.82) is 0 Å². The number of aliphatic hydroxyl groups is 2. The van der Waals surface area contributed by atoms with Crippen LogP contribution in [0.4, 0.5) is 13.6 Å². The van der Waals surface area contributed by atoms with Gasteiger partial charge in [-0.1, -0.05) is 72.8 Å². The quantitative estimate of drug-likeness (QED) is 0.451. The number of nitrogens with one attached hydrogen (secondary N) is 1. The average Bonchev–Trinajstić information content (AvgIpc) is 3.16. The smallest absolute Gasteiger partial charge is 0.407 e. The molecule has 0 saturated heterocycles. The lowest BCUT2D eigenvalue weighted by atomic mass is 9.97. The largest absolute Gasteiger partial charge is 0.449 e. The number of alkyl carbamates (subject to hydrolysis) is 1. The van der Waals surface area contributed by atoms with Gasteiger partial charge >= 0.3 is 6.09 Å². The first-order valence-electron chi connectivity index (χ1n) is 10.8. The van der Waals surface area contributed by atoms with E-state index in [9.17, 15) is 23.8 Å². The molecule has 33 heavy (non-hydrogen) atoms. The van der Waals surface area contributed by atoms with E-state index in [1.165, 1.54) is 24.3 Å². The highest BCUT2D eigenvalue weighted by Crippen LogP contribution is 2.44. The van der Waals surface area contributed by atoms with E-state index < -0.39 is 24.7 Å². The molecule has 0 fully saturated rings. The van der Waals surface area contributed by atoms with E-state index in [0.29, 0.717) is 0 Å². The minimum atomic E-state index is -2.76. The lowest BCUT2D eigenvalue weighted by molar-refractivity contribution is 0.0111. The van der Waals surface area contributed by atoms with E-state index in [2.05, 4.69) is 5.32 Å². The Labute approximate surface area is 190 Å². The van der Waals surface area contributed by atoms with Crippen LogP contribution in [0.15, 0.2) is 72.8 Å². The lowest BCUT2D eigenvalue weighted by Gasteiger charge is -2.21. The first-order valence-corrected chi connectivity index (χ1v) is 10.8. The highest BCUT2D eigenvalue weighted by Gasteiger charge is 2.29. The Balaban J connectivity index is 1.29. The van der Waals surface area contributed by atoms with Crippen molar-refractivity contribution < 1.29 is 28.5 Å². The van der Waals surface area contributed by atoms with E-state index in [1.807, 2.05) is 48.5 Å². The summed E-state index contributed by atoms with van der Waals surface area (Å²) in [5, 5.41) is 23.1. The minimum Gasteiger partial charge on any atom is -0.449 e. The molecular formula is C26H25F2NO4. The molecule has 1 amide bonds. The Hall–Kier alpha value is -3.29. The van der Waals surface area contributed by atoms with Crippen LogP contribution in [-0.2, 0) is 4.74 Å². The van der Waals surface area contributed by atoms with Crippen molar-refractivity contribution in [2.75, 3.05) is 13.2 Å². The van der Waals surface area contributed by atoms with Crippen LogP contribution < -0.4 is 5.32 Å². The predicted octanol–water partition coefficient (Wildman–Crippen LogP) is 4.95. The summed E-state index contributed by atoms with van der Waals surface area (Å²) in [5.41, 5.74) is 4.10. The summed E-state index contributed by atoms with van der Waals surface area (Å²) in [6.45, 7) is 0.179. The van der Waals surface area contributed by atoms with Gasteiger partial charge in [0, 0.05) is 18.0 Å². The van der Waals surface area contributed by atoms with Gasteiger partial charge in [-0.15, -0.1) is 0 Å². The second kappa shape index (κ2) is 10.1. The maximum atomic E-state index is 13.1. The van der Waals surface area contributed by atoms with Crippen molar-refractivity contribution in [2.24, 2.45) is 0 Å². The summed E-state index contributed by atoms with van der Waals surface area (Å²) in [5.74, 6) is -0.0681. The molecule has 2 unspecified atom stereocenters. The Morgan fingerprint density at radius 2 is 1.42 bits per heavy atom. The van der Waals surface area contributed by atoms with Crippen LogP contribution in [0.1, 0.15) is 47.1 Å². The maximum Gasteiger partial charge on any atom is 0.407 e. The summed E-state index contributed by atoms with van der Waals surface area (Å²) in [6.07, 6.45) is -6.24. The van der Waals surface area contributed by atoms with Crippen LogP contribution in [0.2, 0.25) is 0 Å². The average molecular weight is 453 g/mol. The van der Waals surface area contributed by atoms with Crippen LogP contribution in [0.3, 0.4) is 0 Å². The number of fused-ring (bicyclic) bond motifs is 3.